The van der Waals surface area contributed by atoms with Crippen LogP contribution in [-0.2, 0) is 0 Å². The van der Waals surface area contributed by atoms with Gasteiger partial charge in [-0.1, -0.05) is 0 Å². The van der Waals surface area contributed by atoms with Gasteiger partial charge >= 0.3 is 0 Å². The van der Waals surface area contributed by atoms with E-state index in [0.29, 0.717) is 0 Å². The molecule has 68 valence electrons. The van der Waals surface area contributed by atoms with Crippen LogP contribution in [-0.4, -0.2) is 26.1 Å². The van der Waals surface area contributed by atoms with Gasteiger partial charge in [0, 0.05) is 12.1 Å². The van der Waals surface area contributed by atoms with Crippen molar-refractivity contribution in [1.29, 1.82) is 0 Å². The maximum Gasteiger partial charge on any atom is 0.133 e. The number of hydrogen-bond donors (Lipinski definition) is 0. The van der Waals surface area contributed by atoms with E-state index in [4.69, 9.17) is 0 Å². The normalized spacial score (nSPS) is 12.2. The van der Waals surface area contributed by atoms with E-state index in [-0.39, 0.29) is 0 Å². The summed E-state index contributed by atoms with van der Waals surface area (Å²) in [4.78, 5) is 4.25. The SMILES string of the molecule is C[N+](C)(C)c1ccc2ncsc2c1. The van der Waals surface area contributed by atoms with E-state index in [1.165, 1.54) is 10.4 Å². The topological polar surface area (TPSA) is 12.9 Å². The van der Waals surface area contributed by atoms with Gasteiger partial charge in [0.1, 0.15) is 5.69 Å². The van der Waals surface area contributed by atoms with Crippen molar-refractivity contribution in [3.8, 4) is 0 Å². The van der Waals surface area contributed by atoms with Crippen LogP contribution in [0.4, 0.5) is 5.69 Å². The minimum Gasteiger partial charge on any atom is -0.298 e. The van der Waals surface area contributed by atoms with E-state index in [1.807, 2.05) is 5.51 Å². The van der Waals surface area contributed by atoms with Gasteiger partial charge in [0.15, 0.2) is 0 Å². The van der Waals surface area contributed by atoms with Crippen molar-refractivity contribution in [1.82, 2.24) is 9.47 Å². The van der Waals surface area contributed by atoms with E-state index >= 15 is 0 Å². The van der Waals surface area contributed by atoms with Crippen LogP contribution in [0, 0.1) is 0 Å². The van der Waals surface area contributed by atoms with Crippen molar-refractivity contribution < 1.29 is 0 Å². The third-order valence-electron chi connectivity index (χ3n) is 2.09. The lowest BCUT2D eigenvalue weighted by atomic mass is 10.2. The molecule has 0 aliphatic heterocycles. The molecule has 1 heterocycles. The van der Waals surface area contributed by atoms with Crippen LogP contribution in [0.1, 0.15) is 0 Å². The molecule has 1 aromatic heterocycles. The highest BCUT2D eigenvalue weighted by Gasteiger charge is 2.12. The van der Waals surface area contributed by atoms with Crippen molar-refractivity contribution in [2.75, 3.05) is 21.1 Å². The highest BCUT2D eigenvalue weighted by atomic mass is 32.1. The first-order chi connectivity index (χ1) is 6.07. The third kappa shape index (κ3) is 1.57. The molecule has 13 heavy (non-hydrogen) atoms. The summed E-state index contributed by atoms with van der Waals surface area (Å²) < 4.78 is 2.12. The van der Waals surface area contributed by atoms with Gasteiger partial charge in [-0.2, -0.15) is 0 Å². The molecule has 0 amide bonds. The summed E-state index contributed by atoms with van der Waals surface area (Å²) in [6, 6.07) is 6.44. The fraction of sp³-hybridized carbons (Fsp3) is 0.300. The number of quaternary nitrogens is 1. The molecule has 0 radical (unpaired) electrons. The largest absolute Gasteiger partial charge is 0.298 e. The zero-order valence-electron chi connectivity index (χ0n) is 8.11. The molecule has 0 fully saturated rings. The van der Waals surface area contributed by atoms with Gasteiger partial charge in [-0.05, 0) is 6.07 Å². The van der Waals surface area contributed by atoms with E-state index < -0.39 is 0 Å². The van der Waals surface area contributed by atoms with Crippen LogP contribution in [0.15, 0.2) is 23.7 Å². The quantitative estimate of drug-likeness (QED) is 0.634. The summed E-state index contributed by atoms with van der Waals surface area (Å²) in [7, 11) is 6.51. The fourth-order valence-corrected chi connectivity index (χ4v) is 1.97. The van der Waals surface area contributed by atoms with Crippen molar-refractivity contribution in [2.45, 2.75) is 0 Å². The molecule has 0 atom stereocenters. The molecular weight excluding hydrogens is 180 g/mol. The molecule has 2 aromatic rings. The lowest BCUT2D eigenvalue weighted by Gasteiger charge is -2.23. The highest BCUT2D eigenvalue weighted by Crippen LogP contribution is 2.25. The molecule has 0 aliphatic rings. The smallest absolute Gasteiger partial charge is 0.133 e. The summed E-state index contributed by atoms with van der Waals surface area (Å²) in [6.45, 7) is 0. The van der Waals surface area contributed by atoms with E-state index in [9.17, 15) is 0 Å². The second-order valence-corrected chi connectivity index (χ2v) is 4.90. The molecule has 0 unspecified atom stereocenters. The fourth-order valence-electron chi connectivity index (χ4n) is 1.26. The second kappa shape index (κ2) is 2.79. The number of nitrogens with zero attached hydrogens (tertiary/aromatic N) is 2. The number of rotatable bonds is 1. The van der Waals surface area contributed by atoms with Crippen molar-refractivity contribution in [3.63, 3.8) is 0 Å². The van der Waals surface area contributed by atoms with Crippen molar-refractivity contribution in [3.05, 3.63) is 23.7 Å². The summed E-state index contributed by atoms with van der Waals surface area (Å²) in [5.41, 5.74) is 4.31. The lowest BCUT2D eigenvalue weighted by Crippen LogP contribution is -2.34. The average Bonchev–Trinajstić information content (AvgIpc) is 2.47. The third-order valence-corrected chi connectivity index (χ3v) is 2.88. The molecule has 2 rings (SSSR count). The summed E-state index contributed by atoms with van der Waals surface area (Å²) in [5.74, 6) is 0. The van der Waals surface area contributed by atoms with E-state index in [2.05, 4.69) is 44.3 Å². The van der Waals surface area contributed by atoms with Crippen LogP contribution in [0.5, 0.6) is 0 Å². The molecule has 0 N–H and O–H groups in total. The van der Waals surface area contributed by atoms with Gasteiger partial charge in [-0.3, -0.25) is 4.48 Å². The first-order valence-corrected chi connectivity index (χ1v) is 5.10. The van der Waals surface area contributed by atoms with Gasteiger partial charge in [-0.25, -0.2) is 4.98 Å². The van der Waals surface area contributed by atoms with Crippen LogP contribution >= 0.6 is 11.3 Å². The maximum atomic E-state index is 4.25. The minimum absolute atomic E-state index is 0.855. The van der Waals surface area contributed by atoms with Gasteiger partial charge < -0.3 is 0 Å². The second-order valence-electron chi connectivity index (χ2n) is 4.02. The molecule has 0 spiro atoms. The van der Waals surface area contributed by atoms with Crippen LogP contribution in [0.2, 0.25) is 0 Å². The summed E-state index contributed by atoms with van der Waals surface area (Å²) in [5, 5.41) is 0. The van der Waals surface area contributed by atoms with Crippen molar-refractivity contribution >= 4 is 27.2 Å². The molecule has 0 aliphatic carbocycles. The van der Waals surface area contributed by atoms with Crippen LogP contribution in [0.3, 0.4) is 0 Å². The van der Waals surface area contributed by atoms with E-state index in [0.717, 1.165) is 10.00 Å². The zero-order valence-corrected chi connectivity index (χ0v) is 8.93. The number of fused-ring (bicyclic) bond motifs is 1. The van der Waals surface area contributed by atoms with E-state index in [1.54, 1.807) is 11.3 Å². The number of hydrogen-bond acceptors (Lipinski definition) is 2. The molecular formula is C10H13N2S+. The Morgan fingerprint density at radius 2 is 2.00 bits per heavy atom. The Morgan fingerprint density at radius 3 is 2.69 bits per heavy atom. The monoisotopic (exact) mass is 193 g/mol. The molecule has 0 saturated carbocycles. The van der Waals surface area contributed by atoms with Gasteiger partial charge in [0.05, 0.1) is 36.9 Å². The Balaban J connectivity index is 2.61. The van der Waals surface area contributed by atoms with Crippen LogP contribution in [0.25, 0.3) is 10.2 Å². The predicted octanol–water partition coefficient (Wildman–Crippen LogP) is 2.49. The Morgan fingerprint density at radius 1 is 1.23 bits per heavy atom. The van der Waals surface area contributed by atoms with Gasteiger partial charge in [-0.15, -0.1) is 11.3 Å². The molecule has 3 heteroatoms. The van der Waals surface area contributed by atoms with Crippen LogP contribution < -0.4 is 4.48 Å². The zero-order chi connectivity index (χ0) is 9.47. The first-order valence-electron chi connectivity index (χ1n) is 4.22. The first kappa shape index (κ1) is 8.66. The Kier molecular flexibility index (Phi) is 1.86. The molecule has 2 nitrogen and oxygen atoms in total. The molecule has 1 aromatic carbocycles. The van der Waals surface area contributed by atoms with Gasteiger partial charge in [0.2, 0.25) is 0 Å². The Bertz CT molecular complexity index is 426. The summed E-state index contributed by atoms with van der Waals surface area (Å²) in [6.07, 6.45) is 0. The number of aromatic nitrogens is 1. The Hall–Kier alpha value is -0.930. The maximum absolute atomic E-state index is 4.25. The lowest BCUT2D eigenvalue weighted by molar-refractivity contribution is 0.487. The Labute approximate surface area is 82.0 Å². The standard InChI is InChI=1S/C10H13N2S/c1-12(2,3)8-4-5-9-10(6-8)13-7-11-9/h4-7H,1-3H3/q+1. The highest BCUT2D eigenvalue weighted by molar-refractivity contribution is 7.16. The number of thiazole rings is 1. The van der Waals surface area contributed by atoms with Gasteiger partial charge in [0.25, 0.3) is 0 Å². The predicted molar refractivity (Wildman–Crippen MR) is 59.2 cm³/mol. The number of benzene rings is 1. The summed E-state index contributed by atoms with van der Waals surface area (Å²) >= 11 is 1.70. The minimum atomic E-state index is 0.855. The van der Waals surface area contributed by atoms with Crippen molar-refractivity contribution in [2.24, 2.45) is 0 Å². The average molecular weight is 193 g/mol. The molecule has 0 saturated heterocycles. The molecule has 0 bridgehead atoms.